The lowest BCUT2D eigenvalue weighted by Gasteiger charge is -2.17. The molecule has 1 amide bonds. The Morgan fingerprint density at radius 2 is 1.96 bits per heavy atom. The second-order valence-corrected chi connectivity index (χ2v) is 7.37. The molecular formula is C22H24N4O2. The number of pyridine rings is 1. The van der Waals surface area contributed by atoms with E-state index in [0.717, 1.165) is 22.3 Å². The molecule has 0 aliphatic carbocycles. The van der Waals surface area contributed by atoms with Crippen LogP contribution in [0.15, 0.2) is 61.2 Å². The van der Waals surface area contributed by atoms with E-state index >= 15 is 0 Å². The predicted octanol–water partition coefficient (Wildman–Crippen LogP) is 3.45. The highest BCUT2D eigenvalue weighted by atomic mass is 16.3. The Morgan fingerprint density at radius 1 is 1.21 bits per heavy atom. The first-order valence-corrected chi connectivity index (χ1v) is 9.03. The zero-order chi connectivity index (χ0) is 20.1. The predicted molar refractivity (Wildman–Crippen MR) is 111 cm³/mol. The maximum atomic E-state index is 12.3. The van der Waals surface area contributed by atoms with Crippen molar-refractivity contribution < 1.29 is 9.90 Å². The molecule has 2 aromatic heterocycles. The standard InChI is InChI=1S/C22H24N4O2/c1-22(2,28)12-16-4-7-19(8-5-16)25-21(27)9-6-17-13-23-11-10-20(17)18-14-24-26(3)15-18/h4-11,13-15,28H,12H2,1-3H3,(H,25,27)/b9-6+. The van der Waals surface area contributed by atoms with Crippen LogP contribution < -0.4 is 5.32 Å². The number of rotatable bonds is 6. The molecule has 6 heteroatoms. The van der Waals surface area contributed by atoms with Crippen LogP contribution in [0.25, 0.3) is 17.2 Å². The SMILES string of the molecule is Cn1cc(-c2ccncc2/C=C/C(=O)Nc2ccc(CC(C)(C)O)cc2)cn1. The van der Waals surface area contributed by atoms with Crippen LogP contribution in [-0.4, -0.2) is 31.4 Å². The molecule has 28 heavy (non-hydrogen) atoms. The molecule has 0 fully saturated rings. The molecule has 0 saturated heterocycles. The van der Waals surface area contributed by atoms with Gasteiger partial charge in [0.15, 0.2) is 0 Å². The number of nitrogens with one attached hydrogen (secondary N) is 1. The van der Waals surface area contributed by atoms with Gasteiger partial charge in [-0.15, -0.1) is 0 Å². The molecule has 0 spiro atoms. The Morgan fingerprint density at radius 3 is 2.61 bits per heavy atom. The molecule has 1 aromatic carbocycles. The lowest BCUT2D eigenvalue weighted by molar-refractivity contribution is -0.111. The molecule has 144 valence electrons. The highest BCUT2D eigenvalue weighted by Crippen LogP contribution is 2.23. The zero-order valence-electron chi connectivity index (χ0n) is 16.3. The Labute approximate surface area is 164 Å². The molecule has 2 N–H and O–H groups in total. The Kier molecular flexibility index (Phi) is 5.70. The van der Waals surface area contributed by atoms with E-state index in [4.69, 9.17) is 0 Å². The summed E-state index contributed by atoms with van der Waals surface area (Å²) in [5.41, 5.74) is 3.72. The molecule has 3 aromatic rings. The molecule has 6 nitrogen and oxygen atoms in total. The van der Waals surface area contributed by atoms with E-state index in [1.165, 1.54) is 6.08 Å². The van der Waals surface area contributed by atoms with Gasteiger partial charge in [-0.3, -0.25) is 14.5 Å². The van der Waals surface area contributed by atoms with Crippen molar-refractivity contribution in [3.63, 3.8) is 0 Å². The molecule has 0 aliphatic heterocycles. The Hall–Kier alpha value is -3.25. The largest absolute Gasteiger partial charge is 0.390 e. The van der Waals surface area contributed by atoms with E-state index in [0.29, 0.717) is 12.1 Å². The van der Waals surface area contributed by atoms with Gasteiger partial charge in [0.05, 0.1) is 11.8 Å². The van der Waals surface area contributed by atoms with Gasteiger partial charge < -0.3 is 10.4 Å². The van der Waals surface area contributed by atoms with Crippen molar-refractivity contribution in [3.05, 3.63) is 72.3 Å². The highest BCUT2D eigenvalue weighted by Gasteiger charge is 2.13. The minimum atomic E-state index is -0.761. The van der Waals surface area contributed by atoms with Crippen LogP contribution >= 0.6 is 0 Å². The first-order chi connectivity index (χ1) is 13.3. The average molecular weight is 376 g/mol. The molecule has 0 unspecified atom stereocenters. The molecule has 0 bridgehead atoms. The monoisotopic (exact) mass is 376 g/mol. The fourth-order valence-corrected chi connectivity index (χ4v) is 2.92. The normalized spacial score (nSPS) is 11.7. The number of carbonyl (C=O) groups is 1. The summed E-state index contributed by atoms with van der Waals surface area (Å²) in [5.74, 6) is -0.226. The van der Waals surface area contributed by atoms with Crippen molar-refractivity contribution in [2.24, 2.45) is 7.05 Å². The van der Waals surface area contributed by atoms with Crippen LogP contribution in [0.5, 0.6) is 0 Å². The maximum absolute atomic E-state index is 12.3. The molecule has 0 saturated carbocycles. The number of carbonyl (C=O) groups excluding carboxylic acids is 1. The number of aliphatic hydroxyl groups is 1. The van der Waals surface area contributed by atoms with Crippen molar-refractivity contribution in [1.82, 2.24) is 14.8 Å². The van der Waals surface area contributed by atoms with E-state index in [9.17, 15) is 9.90 Å². The average Bonchev–Trinajstić information content (AvgIpc) is 3.07. The maximum Gasteiger partial charge on any atom is 0.248 e. The van der Waals surface area contributed by atoms with E-state index in [2.05, 4.69) is 15.4 Å². The van der Waals surface area contributed by atoms with Gasteiger partial charge in [0.2, 0.25) is 5.91 Å². The van der Waals surface area contributed by atoms with E-state index < -0.39 is 5.60 Å². The molecule has 0 radical (unpaired) electrons. The summed E-state index contributed by atoms with van der Waals surface area (Å²) in [6.07, 6.45) is 10.9. The van der Waals surface area contributed by atoms with E-state index in [1.807, 2.05) is 43.6 Å². The summed E-state index contributed by atoms with van der Waals surface area (Å²) < 4.78 is 1.73. The molecule has 0 aliphatic rings. The third kappa shape index (κ3) is 5.37. The lowest BCUT2D eigenvalue weighted by atomic mass is 9.99. The molecule has 2 heterocycles. The van der Waals surface area contributed by atoms with Gasteiger partial charge in [-0.2, -0.15) is 5.10 Å². The summed E-state index contributed by atoms with van der Waals surface area (Å²) in [6.45, 7) is 3.54. The van der Waals surface area contributed by atoms with Crippen LogP contribution in [-0.2, 0) is 18.3 Å². The fraction of sp³-hybridized carbons (Fsp3) is 0.227. The van der Waals surface area contributed by atoms with Gasteiger partial charge in [0, 0.05) is 54.9 Å². The second-order valence-electron chi connectivity index (χ2n) is 7.37. The Bertz CT molecular complexity index is 982. The number of benzene rings is 1. The van der Waals surface area contributed by atoms with Crippen molar-refractivity contribution in [3.8, 4) is 11.1 Å². The van der Waals surface area contributed by atoms with Crippen LogP contribution in [0.1, 0.15) is 25.0 Å². The summed E-state index contributed by atoms with van der Waals surface area (Å²) >= 11 is 0. The smallest absolute Gasteiger partial charge is 0.248 e. The fourth-order valence-electron chi connectivity index (χ4n) is 2.92. The lowest BCUT2D eigenvalue weighted by Crippen LogP contribution is -2.21. The zero-order valence-corrected chi connectivity index (χ0v) is 16.3. The third-order valence-electron chi connectivity index (χ3n) is 4.14. The topological polar surface area (TPSA) is 80.0 Å². The minimum absolute atomic E-state index is 0.226. The number of anilines is 1. The summed E-state index contributed by atoms with van der Waals surface area (Å²) in [7, 11) is 1.86. The van der Waals surface area contributed by atoms with Gasteiger partial charge in [0.1, 0.15) is 0 Å². The first-order valence-electron chi connectivity index (χ1n) is 9.03. The summed E-state index contributed by atoms with van der Waals surface area (Å²) in [4.78, 5) is 16.4. The summed E-state index contributed by atoms with van der Waals surface area (Å²) in [5, 5.41) is 16.9. The van der Waals surface area contributed by atoms with Crippen molar-refractivity contribution in [1.29, 1.82) is 0 Å². The van der Waals surface area contributed by atoms with Crippen molar-refractivity contribution in [2.45, 2.75) is 25.9 Å². The number of aromatic nitrogens is 3. The molecule has 3 rings (SSSR count). The number of hydrogen-bond acceptors (Lipinski definition) is 4. The number of aryl methyl sites for hydroxylation is 1. The van der Waals surface area contributed by atoms with Crippen LogP contribution in [0.2, 0.25) is 0 Å². The van der Waals surface area contributed by atoms with Crippen LogP contribution in [0, 0.1) is 0 Å². The van der Waals surface area contributed by atoms with Gasteiger partial charge in [-0.25, -0.2) is 0 Å². The quantitative estimate of drug-likeness (QED) is 0.646. The van der Waals surface area contributed by atoms with Gasteiger partial charge >= 0.3 is 0 Å². The van der Waals surface area contributed by atoms with Gasteiger partial charge in [-0.1, -0.05) is 12.1 Å². The van der Waals surface area contributed by atoms with Crippen molar-refractivity contribution in [2.75, 3.05) is 5.32 Å². The first kappa shape index (κ1) is 19.5. The van der Waals surface area contributed by atoms with Crippen LogP contribution in [0.3, 0.4) is 0 Å². The number of amides is 1. The molecular weight excluding hydrogens is 352 g/mol. The molecule has 0 atom stereocenters. The van der Waals surface area contributed by atoms with Gasteiger partial charge in [-0.05, 0) is 49.2 Å². The third-order valence-corrected chi connectivity index (χ3v) is 4.14. The van der Waals surface area contributed by atoms with Crippen LogP contribution in [0.4, 0.5) is 5.69 Å². The summed E-state index contributed by atoms with van der Waals surface area (Å²) in [6, 6.07) is 9.36. The second kappa shape index (κ2) is 8.19. The van der Waals surface area contributed by atoms with E-state index in [1.54, 1.807) is 43.2 Å². The number of hydrogen-bond donors (Lipinski definition) is 2. The highest BCUT2D eigenvalue weighted by molar-refractivity contribution is 6.02. The van der Waals surface area contributed by atoms with Gasteiger partial charge in [0.25, 0.3) is 0 Å². The Balaban J connectivity index is 1.68. The van der Waals surface area contributed by atoms with Crippen molar-refractivity contribution >= 4 is 17.7 Å². The number of nitrogens with zero attached hydrogens (tertiary/aromatic N) is 3. The minimum Gasteiger partial charge on any atom is -0.390 e. The van der Waals surface area contributed by atoms with E-state index in [-0.39, 0.29) is 5.91 Å².